The molecule has 4 aromatic rings. The van der Waals surface area contributed by atoms with Crippen molar-refractivity contribution < 1.29 is 9.53 Å². The van der Waals surface area contributed by atoms with Crippen LogP contribution in [0.5, 0.6) is 0 Å². The van der Waals surface area contributed by atoms with Crippen LogP contribution in [0.4, 0.5) is 5.69 Å². The Morgan fingerprint density at radius 2 is 1.40 bits per heavy atom. The molecule has 2 unspecified atom stereocenters. The highest BCUT2D eigenvalue weighted by Crippen LogP contribution is 2.56. The van der Waals surface area contributed by atoms with Gasteiger partial charge in [-0.25, -0.2) is 0 Å². The Kier molecular flexibility index (Phi) is 5.46. The molecule has 3 nitrogen and oxygen atoms in total. The van der Waals surface area contributed by atoms with Gasteiger partial charge in [0.15, 0.2) is 0 Å². The zero-order chi connectivity index (χ0) is 23.8. The lowest BCUT2D eigenvalue weighted by Gasteiger charge is -2.47. The first-order chi connectivity index (χ1) is 17.2. The quantitative estimate of drug-likeness (QED) is 0.306. The highest BCUT2D eigenvalue weighted by Gasteiger charge is 2.53. The summed E-state index contributed by atoms with van der Waals surface area (Å²) < 4.78 is 6.96. The standard InChI is InChI=1S/C31H25NO2S/c1-22-29(24-15-7-3-8-16-24)30(33)32-26-19-11-12-20-27(26)35-28(23-13-5-2-6-14-23)21-31(32,34-22)25-17-9-4-10-18-25/h2-20,28H,21H2,1H3. The summed E-state index contributed by atoms with van der Waals surface area (Å²) in [4.78, 5) is 17.5. The van der Waals surface area contributed by atoms with E-state index in [0.29, 0.717) is 17.8 Å². The van der Waals surface area contributed by atoms with Crippen LogP contribution in [0.15, 0.2) is 126 Å². The number of allylic oxidation sites excluding steroid dienone is 1. The van der Waals surface area contributed by atoms with Gasteiger partial charge in [0.05, 0.1) is 11.3 Å². The highest BCUT2D eigenvalue weighted by atomic mass is 32.2. The maximum absolute atomic E-state index is 14.5. The molecule has 0 radical (unpaired) electrons. The van der Waals surface area contributed by atoms with Gasteiger partial charge < -0.3 is 4.74 Å². The molecule has 0 aromatic heterocycles. The van der Waals surface area contributed by atoms with E-state index in [4.69, 9.17) is 4.74 Å². The van der Waals surface area contributed by atoms with E-state index in [9.17, 15) is 4.79 Å². The summed E-state index contributed by atoms with van der Waals surface area (Å²) in [5, 5.41) is 0.0985. The first-order valence-corrected chi connectivity index (χ1v) is 12.7. The number of thioether (sulfide) groups is 1. The van der Waals surface area contributed by atoms with Crippen molar-refractivity contribution in [2.75, 3.05) is 4.90 Å². The van der Waals surface area contributed by atoms with Gasteiger partial charge in [-0.15, -0.1) is 11.8 Å². The second-order valence-corrected chi connectivity index (χ2v) is 10.1. The van der Waals surface area contributed by atoms with Crippen molar-refractivity contribution >= 4 is 28.9 Å². The summed E-state index contributed by atoms with van der Waals surface area (Å²) in [6.45, 7) is 1.92. The SMILES string of the molecule is CC1=C(c2ccccc2)C(=O)N2c3ccccc3SC(c3ccccc3)CC2(c2ccccc2)O1. The number of para-hydroxylation sites is 1. The Morgan fingerprint density at radius 1 is 0.800 bits per heavy atom. The van der Waals surface area contributed by atoms with Crippen molar-refractivity contribution in [3.63, 3.8) is 0 Å². The van der Waals surface area contributed by atoms with Crippen molar-refractivity contribution in [1.29, 1.82) is 0 Å². The van der Waals surface area contributed by atoms with E-state index in [-0.39, 0.29) is 11.2 Å². The van der Waals surface area contributed by atoms with Gasteiger partial charge in [-0.05, 0) is 30.2 Å². The van der Waals surface area contributed by atoms with Crippen LogP contribution in [-0.2, 0) is 15.3 Å². The molecule has 4 heteroatoms. The molecule has 2 heterocycles. The number of rotatable bonds is 3. The Morgan fingerprint density at radius 3 is 2.11 bits per heavy atom. The molecule has 6 rings (SSSR count). The van der Waals surface area contributed by atoms with Gasteiger partial charge in [0.1, 0.15) is 5.76 Å². The maximum Gasteiger partial charge on any atom is 0.265 e. The smallest absolute Gasteiger partial charge is 0.265 e. The number of nitrogens with zero attached hydrogens (tertiary/aromatic N) is 1. The molecule has 4 aromatic carbocycles. The average molecular weight is 476 g/mol. The van der Waals surface area contributed by atoms with Crippen molar-refractivity contribution in [3.05, 3.63) is 138 Å². The molecule has 0 bridgehead atoms. The molecule has 0 spiro atoms. The number of carbonyl (C=O) groups is 1. The van der Waals surface area contributed by atoms with E-state index in [2.05, 4.69) is 42.5 Å². The number of hydrogen-bond donors (Lipinski definition) is 0. The lowest BCUT2D eigenvalue weighted by molar-refractivity contribution is -0.123. The fourth-order valence-corrected chi connectivity index (χ4v) is 6.54. The number of anilines is 1. The third-order valence-corrected chi connectivity index (χ3v) is 8.07. The molecule has 1 amide bonds. The molecule has 35 heavy (non-hydrogen) atoms. The van der Waals surface area contributed by atoms with Gasteiger partial charge >= 0.3 is 0 Å². The lowest BCUT2D eigenvalue weighted by atomic mass is 9.89. The number of benzene rings is 4. The van der Waals surface area contributed by atoms with Crippen LogP contribution in [0.2, 0.25) is 0 Å². The number of amides is 1. The van der Waals surface area contributed by atoms with E-state index in [1.54, 1.807) is 11.8 Å². The summed E-state index contributed by atoms with van der Waals surface area (Å²) in [7, 11) is 0. The molecule has 2 aliphatic heterocycles. The minimum absolute atomic E-state index is 0.0365. The molecule has 0 aliphatic carbocycles. The van der Waals surface area contributed by atoms with Gasteiger partial charge in [-0.1, -0.05) is 103 Å². The molecule has 2 aliphatic rings. The number of fused-ring (bicyclic) bond motifs is 3. The Labute approximate surface area is 210 Å². The van der Waals surface area contributed by atoms with E-state index in [0.717, 1.165) is 21.7 Å². The second kappa shape index (κ2) is 8.79. The van der Waals surface area contributed by atoms with Gasteiger partial charge in [0.2, 0.25) is 5.72 Å². The maximum atomic E-state index is 14.5. The summed E-state index contributed by atoms with van der Waals surface area (Å²) in [5.41, 5.74) is 3.57. The van der Waals surface area contributed by atoms with Gasteiger partial charge in [-0.2, -0.15) is 0 Å². The first kappa shape index (κ1) is 21.8. The Balaban J connectivity index is 1.63. The molecule has 172 valence electrons. The van der Waals surface area contributed by atoms with Crippen LogP contribution in [-0.4, -0.2) is 5.91 Å². The van der Waals surface area contributed by atoms with Crippen LogP contribution >= 0.6 is 11.8 Å². The fraction of sp³-hybridized carbons (Fsp3) is 0.129. The Bertz CT molecular complexity index is 1400. The number of ether oxygens (including phenoxy) is 1. The molecule has 0 saturated carbocycles. The molecule has 0 fully saturated rings. The molecule has 0 saturated heterocycles. The monoisotopic (exact) mass is 475 g/mol. The number of hydrogen-bond acceptors (Lipinski definition) is 3. The first-order valence-electron chi connectivity index (χ1n) is 11.8. The zero-order valence-electron chi connectivity index (χ0n) is 19.4. The van der Waals surface area contributed by atoms with Crippen molar-refractivity contribution in [1.82, 2.24) is 0 Å². The summed E-state index contributed by atoms with van der Waals surface area (Å²) in [6.07, 6.45) is 0.617. The van der Waals surface area contributed by atoms with Crippen molar-refractivity contribution in [3.8, 4) is 0 Å². The lowest BCUT2D eigenvalue weighted by Crippen LogP contribution is -2.55. The van der Waals surface area contributed by atoms with Gasteiger partial charge in [0.25, 0.3) is 5.91 Å². The van der Waals surface area contributed by atoms with Crippen LogP contribution in [0.25, 0.3) is 5.57 Å². The minimum atomic E-state index is -0.971. The van der Waals surface area contributed by atoms with Crippen LogP contribution in [0, 0.1) is 0 Å². The van der Waals surface area contributed by atoms with Crippen LogP contribution < -0.4 is 4.90 Å². The summed E-state index contributed by atoms with van der Waals surface area (Å²) in [6, 6.07) is 38.7. The topological polar surface area (TPSA) is 29.5 Å². The van der Waals surface area contributed by atoms with Crippen molar-refractivity contribution in [2.45, 2.75) is 29.2 Å². The summed E-state index contributed by atoms with van der Waals surface area (Å²) in [5.74, 6) is 0.614. The number of carbonyl (C=O) groups excluding carboxylic acids is 1. The van der Waals surface area contributed by atoms with E-state index in [1.165, 1.54) is 5.56 Å². The van der Waals surface area contributed by atoms with Crippen molar-refractivity contribution in [2.24, 2.45) is 0 Å². The van der Waals surface area contributed by atoms with E-state index >= 15 is 0 Å². The van der Waals surface area contributed by atoms with Gasteiger partial charge in [-0.3, -0.25) is 9.69 Å². The normalized spacial score (nSPS) is 21.6. The van der Waals surface area contributed by atoms with E-state index in [1.807, 2.05) is 84.6 Å². The third-order valence-electron chi connectivity index (χ3n) is 6.75. The largest absolute Gasteiger partial charge is 0.467 e. The Hall–Kier alpha value is -3.76. The van der Waals surface area contributed by atoms with Crippen LogP contribution in [0.1, 0.15) is 35.3 Å². The fourth-order valence-electron chi connectivity index (χ4n) is 5.19. The molecule has 0 N–H and O–H groups in total. The zero-order valence-corrected chi connectivity index (χ0v) is 20.2. The predicted octanol–water partition coefficient (Wildman–Crippen LogP) is 7.57. The highest BCUT2D eigenvalue weighted by molar-refractivity contribution is 7.99. The van der Waals surface area contributed by atoms with Crippen LogP contribution in [0.3, 0.4) is 0 Å². The average Bonchev–Trinajstić information content (AvgIpc) is 3.05. The van der Waals surface area contributed by atoms with Gasteiger partial charge in [0, 0.05) is 22.1 Å². The molecule has 2 atom stereocenters. The third kappa shape index (κ3) is 3.65. The molecular weight excluding hydrogens is 450 g/mol. The second-order valence-electron chi connectivity index (χ2n) is 8.88. The predicted molar refractivity (Wildman–Crippen MR) is 142 cm³/mol. The molecular formula is C31H25NO2S. The minimum Gasteiger partial charge on any atom is -0.467 e. The summed E-state index contributed by atoms with van der Waals surface area (Å²) >= 11 is 1.80. The van der Waals surface area contributed by atoms with E-state index < -0.39 is 5.72 Å².